The zero-order valence-electron chi connectivity index (χ0n) is 12.0. The second-order valence-electron chi connectivity index (χ2n) is 4.89. The minimum absolute atomic E-state index is 0.0551. The van der Waals surface area contributed by atoms with Crippen LogP contribution >= 0.6 is 11.3 Å². The Kier molecular flexibility index (Phi) is 5.46. The maximum Gasteiger partial charge on any atom is 0.258 e. The minimum atomic E-state index is -3.57. The molecule has 5 nitrogen and oxygen atoms in total. The van der Waals surface area contributed by atoms with Crippen LogP contribution in [0, 0.1) is 0 Å². The molecule has 0 aromatic carbocycles. The summed E-state index contributed by atoms with van der Waals surface area (Å²) in [4.78, 5) is 4.03. The van der Waals surface area contributed by atoms with Gasteiger partial charge in [-0.05, 0) is 54.4 Å². The third-order valence-corrected chi connectivity index (χ3v) is 5.17. The van der Waals surface area contributed by atoms with Gasteiger partial charge in [0.2, 0.25) is 0 Å². The maximum atomic E-state index is 12.3. The van der Waals surface area contributed by atoms with E-state index < -0.39 is 10.0 Å². The molecule has 2 N–H and O–H groups in total. The van der Waals surface area contributed by atoms with E-state index in [1.165, 1.54) is 6.07 Å². The minimum Gasteiger partial charge on any atom is -0.316 e. The topological polar surface area (TPSA) is 71.1 Å². The molecule has 114 valence electrons. The first-order chi connectivity index (χ1) is 10.0. The Morgan fingerprint density at radius 2 is 2.10 bits per heavy atom. The van der Waals surface area contributed by atoms with E-state index >= 15 is 0 Å². The molecule has 1 atom stereocenters. The molecule has 0 saturated carbocycles. The van der Waals surface area contributed by atoms with Crippen LogP contribution in [0.5, 0.6) is 0 Å². The van der Waals surface area contributed by atoms with Gasteiger partial charge in [-0.3, -0.25) is 0 Å². The van der Waals surface area contributed by atoms with E-state index in [9.17, 15) is 8.42 Å². The molecule has 0 fully saturated rings. The van der Waals surface area contributed by atoms with Crippen molar-refractivity contribution in [2.24, 2.45) is 0 Å². The van der Waals surface area contributed by atoms with Gasteiger partial charge in [0.05, 0.1) is 0 Å². The van der Waals surface area contributed by atoms with E-state index in [4.69, 9.17) is 0 Å². The summed E-state index contributed by atoms with van der Waals surface area (Å²) in [6, 6.07) is 5.12. The molecule has 7 heteroatoms. The van der Waals surface area contributed by atoms with Gasteiger partial charge in [-0.15, -0.1) is 0 Å². The van der Waals surface area contributed by atoms with E-state index in [1.807, 2.05) is 30.8 Å². The summed E-state index contributed by atoms with van der Waals surface area (Å²) in [6.45, 7) is 2.51. The highest BCUT2D eigenvalue weighted by Crippen LogP contribution is 2.11. The zero-order chi connectivity index (χ0) is 15.3. The van der Waals surface area contributed by atoms with Gasteiger partial charge in [0.25, 0.3) is 10.0 Å². The highest BCUT2D eigenvalue weighted by atomic mass is 32.2. The van der Waals surface area contributed by atoms with Gasteiger partial charge in [-0.25, -0.2) is 18.1 Å². The predicted octanol–water partition coefficient (Wildman–Crippen LogP) is 1.77. The first-order valence-corrected chi connectivity index (χ1v) is 9.07. The normalized spacial score (nSPS) is 13.2. The third kappa shape index (κ3) is 4.60. The highest BCUT2D eigenvalue weighted by Gasteiger charge is 2.18. The lowest BCUT2D eigenvalue weighted by Gasteiger charge is -2.13. The largest absolute Gasteiger partial charge is 0.316 e. The number of pyridine rings is 1. The second-order valence-corrected chi connectivity index (χ2v) is 7.33. The van der Waals surface area contributed by atoms with Crippen LogP contribution in [0.25, 0.3) is 0 Å². The molecular formula is C14H19N3O2S2. The summed E-state index contributed by atoms with van der Waals surface area (Å²) < 4.78 is 27.2. The molecule has 2 heterocycles. The number of nitrogens with zero attached hydrogens (tertiary/aromatic N) is 1. The van der Waals surface area contributed by atoms with Crippen LogP contribution in [0.2, 0.25) is 0 Å². The second kappa shape index (κ2) is 7.13. The van der Waals surface area contributed by atoms with Crippen molar-refractivity contribution in [3.8, 4) is 0 Å². The van der Waals surface area contributed by atoms with Crippen LogP contribution in [-0.4, -0.2) is 26.5 Å². The number of hydrogen-bond donors (Lipinski definition) is 2. The van der Waals surface area contributed by atoms with Crippen molar-refractivity contribution in [3.63, 3.8) is 0 Å². The van der Waals surface area contributed by atoms with Crippen molar-refractivity contribution >= 4 is 21.4 Å². The number of hydrogen-bond acceptors (Lipinski definition) is 5. The van der Waals surface area contributed by atoms with Crippen LogP contribution in [0.3, 0.4) is 0 Å². The van der Waals surface area contributed by atoms with Crippen molar-refractivity contribution in [2.45, 2.75) is 31.0 Å². The Bertz CT molecular complexity index is 652. The molecule has 0 aliphatic rings. The van der Waals surface area contributed by atoms with Crippen molar-refractivity contribution in [2.75, 3.05) is 7.05 Å². The fourth-order valence-electron chi connectivity index (χ4n) is 2.01. The first-order valence-electron chi connectivity index (χ1n) is 6.64. The van der Waals surface area contributed by atoms with Crippen molar-refractivity contribution in [3.05, 3.63) is 46.3 Å². The van der Waals surface area contributed by atoms with Gasteiger partial charge < -0.3 is 5.32 Å². The average Bonchev–Trinajstić information content (AvgIpc) is 2.92. The van der Waals surface area contributed by atoms with E-state index in [0.29, 0.717) is 13.0 Å². The van der Waals surface area contributed by atoms with Crippen molar-refractivity contribution < 1.29 is 8.42 Å². The van der Waals surface area contributed by atoms with Crippen molar-refractivity contribution in [1.82, 2.24) is 15.0 Å². The van der Waals surface area contributed by atoms with Gasteiger partial charge in [0, 0.05) is 18.8 Å². The summed E-state index contributed by atoms with van der Waals surface area (Å²) in [5.41, 5.74) is 2.08. The zero-order valence-corrected chi connectivity index (χ0v) is 13.7. The van der Waals surface area contributed by atoms with Crippen LogP contribution in [0.1, 0.15) is 18.1 Å². The highest BCUT2D eigenvalue weighted by molar-refractivity contribution is 7.89. The van der Waals surface area contributed by atoms with Gasteiger partial charge >= 0.3 is 0 Å². The van der Waals surface area contributed by atoms with Gasteiger partial charge in [-0.2, -0.15) is 11.3 Å². The predicted molar refractivity (Wildman–Crippen MR) is 84.8 cm³/mol. The van der Waals surface area contributed by atoms with E-state index in [1.54, 1.807) is 23.6 Å². The Balaban J connectivity index is 2.03. The molecule has 0 bridgehead atoms. The quantitative estimate of drug-likeness (QED) is 0.814. The first kappa shape index (κ1) is 16.1. The number of nitrogens with one attached hydrogen (secondary N) is 2. The molecule has 0 saturated heterocycles. The SMILES string of the molecule is CNCc1ccc(S(=O)(=O)NC(C)Cc2ccsc2)nc1. The summed E-state index contributed by atoms with van der Waals surface area (Å²) in [5, 5.41) is 7.06. The smallest absolute Gasteiger partial charge is 0.258 e. The lowest BCUT2D eigenvalue weighted by atomic mass is 10.1. The summed E-state index contributed by atoms with van der Waals surface area (Å²) in [6.07, 6.45) is 2.25. The number of aromatic nitrogens is 1. The van der Waals surface area contributed by atoms with Gasteiger partial charge in [0.1, 0.15) is 0 Å². The van der Waals surface area contributed by atoms with Crippen LogP contribution < -0.4 is 10.0 Å². The molecule has 0 amide bonds. The lowest BCUT2D eigenvalue weighted by Crippen LogP contribution is -2.34. The molecule has 0 spiro atoms. The van der Waals surface area contributed by atoms with E-state index in [-0.39, 0.29) is 11.1 Å². The molecule has 0 radical (unpaired) electrons. The Labute approximate surface area is 129 Å². The number of thiophene rings is 1. The number of rotatable bonds is 7. The molecule has 2 aromatic rings. The fraction of sp³-hybridized carbons (Fsp3) is 0.357. The Morgan fingerprint density at radius 3 is 2.67 bits per heavy atom. The summed E-state index contributed by atoms with van der Waals surface area (Å²) in [7, 11) is -1.74. The number of sulfonamides is 1. The molecule has 2 rings (SSSR count). The third-order valence-electron chi connectivity index (χ3n) is 2.93. The molecule has 0 aliphatic heterocycles. The molecule has 1 unspecified atom stereocenters. The molecular weight excluding hydrogens is 306 g/mol. The van der Waals surface area contributed by atoms with Crippen molar-refractivity contribution in [1.29, 1.82) is 0 Å². The Hall–Kier alpha value is -1.28. The van der Waals surface area contributed by atoms with Gasteiger partial charge in [0.15, 0.2) is 5.03 Å². The van der Waals surface area contributed by atoms with Gasteiger partial charge in [-0.1, -0.05) is 6.07 Å². The van der Waals surface area contributed by atoms with Crippen LogP contribution in [0.15, 0.2) is 40.2 Å². The Morgan fingerprint density at radius 1 is 1.29 bits per heavy atom. The summed E-state index contributed by atoms with van der Waals surface area (Å²) in [5.74, 6) is 0. The van der Waals surface area contributed by atoms with E-state index in [0.717, 1.165) is 11.1 Å². The summed E-state index contributed by atoms with van der Waals surface area (Å²) >= 11 is 1.61. The lowest BCUT2D eigenvalue weighted by molar-refractivity contribution is 0.556. The monoisotopic (exact) mass is 325 g/mol. The van der Waals surface area contributed by atoms with Crippen LogP contribution in [-0.2, 0) is 23.0 Å². The molecule has 2 aromatic heterocycles. The standard InChI is InChI=1S/C14H19N3O2S2/c1-11(7-12-5-6-20-10-12)17-21(18,19)14-4-3-13(8-15-2)9-16-14/h3-6,9-11,15,17H,7-8H2,1-2H3. The molecule has 21 heavy (non-hydrogen) atoms. The maximum absolute atomic E-state index is 12.3. The fourth-order valence-corrected chi connectivity index (χ4v) is 3.86. The van der Waals surface area contributed by atoms with E-state index in [2.05, 4.69) is 15.0 Å². The van der Waals surface area contributed by atoms with Crippen LogP contribution in [0.4, 0.5) is 0 Å². The average molecular weight is 325 g/mol. The molecule has 0 aliphatic carbocycles.